The fourth-order valence-corrected chi connectivity index (χ4v) is 2.08. The van der Waals surface area contributed by atoms with Crippen LogP contribution in [0.2, 0.25) is 0 Å². The molecule has 0 rings (SSSR count). The van der Waals surface area contributed by atoms with E-state index in [1.165, 1.54) is 51.4 Å². The molecule has 0 bridgehead atoms. The molecule has 0 aliphatic rings. The average molecular weight is 283 g/mol. The third-order valence-corrected chi connectivity index (χ3v) is 3.38. The molecule has 0 aromatic rings. The first kappa shape index (κ1) is 19.2. The first-order chi connectivity index (χ1) is 9.57. The summed E-state index contributed by atoms with van der Waals surface area (Å²) >= 11 is 0. The molecule has 0 heterocycles. The molecule has 0 aliphatic carbocycles. The van der Waals surface area contributed by atoms with Crippen molar-refractivity contribution in [2.24, 2.45) is 0 Å². The van der Waals surface area contributed by atoms with Crippen LogP contribution in [0.4, 0.5) is 0 Å². The van der Waals surface area contributed by atoms with Crippen molar-refractivity contribution in [3.8, 4) is 0 Å². The van der Waals surface area contributed by atoms with E-state index in [9.17, 15) is 9.90 Å². The Morgan fingerprint density at radius 1 is 0.950 bits per heavy atom. The molecule has 0 fully saturated rings. The molecule has 0 saturated carbocycles. The minimum Gasteiger partial charge on any atom is -0.430 e. The van der Waals surface area contributed by atoms with Gasteiger partial charge in [-0.15, -0.1) is 0 Å². The maximum Gasteiger partial charge on any atom is 0.335 e. The highest BCUT2D eigenvalue weighted by Gasteiger charge is 2.12. The number of hydrogen-bond acceptors (Lipinski definition) is 2. The zero-order chi connectivity index (χ0) is 15.2. The molecule has 0 amide bonds. The number of carbonyl (C=O) groups is 1. The molecule has 0 spiro atoms. The average Bonchev–Trinajstić information content (AvgIpc) is 2.40. The molecule has 20 heavy (non-hydrogen) atoms. The van der Waals surface area contributed by atoms with Gasteiger partial charge in [0.15, 0.2) is 0 Å². The van der Waals surface area contributed by atoms with Gasteiger partial charge in [0.1, 0.15) is 0 Å². The minimum absolute atomic E-state index is 0.286. The van der Waals surface area contributed by atoms with E-state index in [1.807, 2.05) is 0 Å². The minimum atomic E-state index is -1.23. The van der Waals surface area contributed by atoms with Crippen molar-refractivity contribution >= 4 is 5.97 Å². The lowest BCUT2D eigenvalue weighted by atomic mass is 10.1. The van der Waals surface area contributed by atoms with Crippen LogP contribution in [0, 0.1) is 0 Å². The number of hydrogen-bond donors (Lipinski definition) is 0. The molecule has 3 heteroatoms. The van der Waals surface area contributed by atoms with Gasteiger partial charge < -0.3 is 4.74 Å². The summed E-state index contributed by atoms with van der Waals surface area (Å²) in [5, 5.41) is 11.4. The summed E-state index contributed by atoms with van der Waals surface area (Å²) in [7, 11) is 0. The SMILES string of the molecule is C=C(C)C(=O)OC([O])CCCCCCCCCCCC. The Morgan fingerprint density at radius 3 is 1.85 bits per heavy atom. The van der Waals surface area contributed by atoms with Crippen LogP contribution in [0.15, 0.2) is 12.2 Å². The van der Waals surface area contributed by atoms with E-state index in [1.54, 1.807) is 6.92 Å². The second-order valence-corrected chi connectivity index (χ2v) is 5.59. The van der Waals surface area contributed by atoms with Gasteiger partial charge in [0.25, 0.3) is 0 Å². The lowest BCUT2D eigenvalue weighted by molar-refractivity contribution is -0.175. The van der Waals surface area contributed by atoms with Gasteiger partial charge in [-0.25, -0.2) is 4.79 Å². The molecule has 1 atom stereocenters. The highest BCUT2D eigenvalue weighted by Crippen LogP contribution is 2.12. The van der Waals surface area contributed by atoms with Gasteiger partial charge in [0.2, 0.25) is 6.29 Å². The fourth-order valence-electron chi connectivity index (χ4n) is 2.08. The maximum atomic E-state index is 11.4. The van der Waals surface area contributed by atoms with E-state index in [0.717, 1.165) is 12.8 Å². The molecular formula is C17H31O3. The Morgan fingerprint density at radius 2 is 1.40 bits per heavy atom. The van der Waals surface area contributed by atoms with Gasteiger partial charge in [-0.05, 0) is 13.3 Å². The quantitative estimate of drug-likeness (QED) is 0.202. The lowest BCUT2D eigenvalue weighted by Gasteiger charge is -2.09. The summed E-state index contributed by atoms with van der Waals surface area (Å²) in [6, 6.07) is 0. The third kappa shape index (κ3) is 12.2. The molecule has 0 N–H and O–H groups in total. The van der Waals surface area contributed by atoms with Gasteiger partial charge in [0, 0.05) is 12.0 Å². The molecule has 0 aromatic carbocycles. The Bertz CT molecular complexity index is 261. The van der Waals surface area contributed by atoms with Gasteiger partial charge in [-0.3, -0.25) is 0 Å². The Kier molecular flexibility index (Phi) is 12.6. The van der Waals surface area contributed by atoms with Gasteiger partial charge in [0.05, 0.1) is 0 Å². The van der Waals surface area contributed by atoms with Crippen LogP contribution in [-0.2, 0) is 14.6 Å². The molecular weight excluding hydrogens is 252 g/mol. The number of carbonyl (C=O) groups excluding carboxylic acids is 1. The van der Waals surface area contributed by atoms with Crippen molar-refractivity contribution in [3.63, 3.8) is 0 Å². The van der Waals surface area contributed by atoms with Crippen LogP contribution >= 0.6 is 0 Å². The lowest BCUT2D eigenvalue weighted by Crippen LogP contribution is -2.16. The molecule has 0 aromatic heterocycles. The second kappa shape index (κ2) is 13.2. The van der Waals surface area contributed by atoms with Crippen LogP contribution in [0.25, 0.3) is 0 Å². The number of ether oxygens (including phenoxy) is 1. The number of unbranched alkanes of at least 4 members (excludes halogenated alkanes) is 9. The van der Waals surface area contributed by atoms with Crippen LogP contribution in [0.1, 0.15) is 84.5 Å². The van der Waals surface area contributed by atoms with E-state index >= 15 is 0 Å². The summed E-state index contributed by atoms with van der Waals surface area (Å²) in [5.74, 6) is -0.572. The van der Waals surface area contributed by atoms with Gasteiger partial charge in [-0.1, -0.05) is 71.3 Å². The van der Waals surface area contributed by atoms with Gasteiger partial charge >= 0.3 is 5.97 Å². The van der Waals surface area contributed by atoms with Crippen LogP contribution in [0.3, 0.4) is 0 Å². The number of esters is 1. The van der Waals surface area contributed by atoms with Crippen molar-refractivity contribution in [2.75, 3.05) is 0 Å². The second-order valence-electron chi connectivity index (χ2n) is 5.59. The molecule has 3 nitrogen and oxygen atoms in total. The number of rotatable bonds is 13. The van der Waals surface area contributed by atoms with Crippen molar-refractivity contribution in [2.45, 2.75) is 90.8 Å². The summed E-state index contributed by atoms with van der Waals surface area (Å²) < 4.78 is 4.70. The van der Waals surface area contributed by atoms with E-state index in [2.05, 4.69) is 13.5 Å². The first-order valence-corrected chi connectivity index (χ1v) is 8.10. The molecule has 1 unspecified atom stereocenters. The van der Waals surface area contributed by atoms with Gasteiger partial charge in [-0.2, -0.15) is 5.11 Å². The monoisotopic (exact) mass is 283 g/mol. The molecule has 1 radical (unpaired) electrons. The standard InChI is InChI=1S/C17H31O3/c1-4-5-6-7-8-9-10-11-12-13-14-16(18)20-17(19)15(2)3/h16H,2,4-14H2,1,3H3. The topological polar surface area (TPSA) is 46.2 Å². The van der Waals surface area contributed by atoms with Crippen molar-refractivity contribution < 1.29 is 14.6 Å². The molecule has 0 saturated heterocycles. The van der Waals surface area contributed by atoms with Crippen molar-refractivity contribution in [3.05, 3.63) is 12.2 Å². The van der Waals surface area contributed by atoms with E-state index < -0.39 is 12.3 Å². The fraction of sp³-hybridized carbons (Fsp3) is 0.824. The van der Waals surface area contributed by atoms with Crippen molar-refractivity contribution in [1.29, 1.82) is 0 Å². The Hall–Kier alpha value is -0.830. The zero-order valence-corrected chi connectivity index (χ0v) is 13.3. The van der Waals surface area contributed by atoms with Crippen LogP contribution in [-0.4, -0.2) is 12.3 Å². The predicted octanol–water partition coefficient (Wildman–Crippen LogP) is 5.17. The van der Waals surface area contributed by atoms with E-state index in [4.69, 9.17) is 4.74 Å². The third-order valence-electron chi connectivity index (χ3n) is 3.38. The predicted molar refractivity (Wildman–Crippen MR) is 81.8 cm³/mol. The zero-order valence-electron chi connectivity index (χ0n) is 13.3. The molecule has 0 aliphatic heterocycles. The summed E-state index contributed by atoms with van der Waals surface area (Å²) in [6.45, 7) is 7.24. The Labute approximate surface area is 124 Å². The first-order valence-electron chi connectivity index (χ1n) is 8.10. The normalized spacial score (nSPS) is 12.2. The summed E-state index contributed by atoms with van der Waals surface area (Å²) in [4.78, 5) is 11.1. The smallest absolute Gasteiger partial charge is 0.335 e. The molecule has 117 valence electrons. The highest BCUT2D eigenvalue weighted by atomic mass is 16.6. The summed E-state index contributed by atoms with van der Waals surface area (Å²) in [5.41, 5.74) is 0.286. The maximum absolute atomic E-state index is 11.4. The van der Waals surface area contributed by atoms with Crippen LogP contribution in [0.5, 0.6) is 0 Å². The van der Waals surface area contributed by atoms with Crippen LogP contribution < -0.4 is 0 Å². The Balaban J connectivity index is 3.27. The van der Waals surface area contributed by atoms with E-state index in [-0.39, 0.29) is 5.57 Å². The van der Waals surface area contributed by atoms with E-state index in [0.29, 0.717) is 6.42 Å². The largest absolute Gasteiger partial charge is 0.430 e. The van der Waals surface area contributed by atoms with Crippen molar-refractivity contribution in [1.82, 2.24) is 0 Å². The summed E-state index contributed by atoms with van der Waals surface area (Å²) in [6.07, 6.45) is 11.5. The highest BCUT2D eigenvalue weighted by molar-refractivity contribution is 5.86.